The smallest absolute Gasteiger partial charge is 0.190 e. The highest BCUT2D eigenvalue weighted by atomic mass is 16.5. The molecule has 5 heteroatoms. The Kier molecular flexibility index (Phi) is 6.44. The summed E-state index contributed by atoms with van der Waals surface area (Å²) in [5, 5.41) is 6.77. The van der Waals surface area contributed by atoms with Crippen LogP contribution < -0.4 is 10.6 Å². The van der Waals surface area contributed by atoms with E-state index in [1.165, 1.54) is 32.2 Å². The van der Waals surface area contributed by atoms with E-state index in [1.807, 2.05) is 7.05 Å². The lowest BCUT2D eigenvalue weighted by Gasteiger charge is -2.26. The van der Waals surface area contributed by atoms with Crippen LogP contribution in [-0.2, 0) is 4.74 Å². The average Bonchev–Trinajstić information content (AvgIpc) is 3.27. The summed E-state index contributed by atoms with van der Waals surface area (Å²) in [6.45, 7) is 7.27. The van der Waals surface area contributed by atoms with E-state index in [2.05, 4.69) is 20.5 Å². The lowest BCUT2D eigenvalue weighted by Crippen LogP contribution is -2.39. The van der Waals surface area contributed by atoms with Crippen molar-refractivity contribution in [2.24, 2.45) is 10.9 Å². The zero-order valence-electron chi connectivity index (χ0n) is 12.2. The summed E-state index contributed by atoms with van der Waals surface area (Å²) >= 11 is 0. The molecule has 0 aromatic heterocycles. The molecule has 1 saturated carbocycles. The first-order chi connectivity index (χ1) is 9.38. The van der Waals surface area contributed by atoms with Crippen LogP contribution in [0.1, 0.15) is 25.7 Å². The van der Waals surface area contributed by atoms with Crippen molar-refractivity contribution in [3.8, 4) is 0 Å². The second-order valence-corrected chi connectivity index (χ2v) is 5.48. The molecule has 2 fully saturated rings. The number of morpholine rings is 1. The molecule has 0 amide bonds. The van der Waals surface area contributed by atoms with E-state index < -0.39 is 0 Å². The van der Waals surface area contributed by atoms with Gasteiger partial charge in [0.15, 0.2) is 5.96 Å². The van der Waals surface area contributed by atoms with Gasteiger partial charge in [-0.05, 0) is 38.1 Å². The van der Waals surface area contributed by atoms with Crippen molar-refractivity contribution in [1.29, 1.82) is 0 Å². The summed E-state index contributed by atoms with van der Waals surface area (Å²) in [5.41, 5.74) is 0. The summed E-state index contributed by atoms with van der Waals surface area (Å²) in [4.78, 5) is 6.73. The van der Waals surface area contributed by atoms with Gasteiger partial charge in [0.2, 0.25) is 0 Å². The molecule has 2 rings (SSSR count). The van der Waals surface area contributed by atoms with Crippen molar-refractivity contribution in [2.45, 2.75) is 25.7 Å². The minimum atomic E-state index is 0.889. The van der Waals surface area contributed by atoms with Gasteiger partial charge >= 0.3 is 0 Å². The Morgan fingerprint density at radius 1 is 1.21 bits per heavy atom. The molecular weight excluding hydrogens is 240 g/mol. The predicted octanol–water partition coefficient (Wildman–Crippen LogP) is 0.674. The van der Waals surface area contributed by atoms with E-state index in [4.69, 9.17) is 4.74 Å². The maximum absolute atomic E-state index is 5.35. The fraction of sp³-hybridized carbons (Fsp3) is 0.929. The number of ether oxygens (including phenoxy) is 1. The van der Waals surface area contributed by atoms with Crippen molar-refractivity contribution >= 4 is 5.96 Å². The molecule has 0 bridgehead atoms. The molecule has 0 aromatic rings. The molecule has 1 aliphatic heterocycles. The van der Waals surface area contributed by atoms with Gasteiger partial charge in [0, 0.05) is 33.2 Å². The normalized spacial score (nSPS) is 21.4. The molecule has 2 aliphatic rings. The summed E-state index contributed by atoms with van der Waals surface area (Å²) in [6, 6.07) is 0. The van der Waals surface area contributed by atoms with Crippen LogP contribution in [0.25, 0.3) is 0 Å². The number of aliphatic imine (C=N–C) groups is 1. The first kappa shape index (κ1) is 14.6. The highest BCUT2D eigenvalue weighted by Crippen LogP contribution is 2.27. The third-order valence-corrected chi connectivity index (χ3v) is 3.78. The van der Waals surface area contributed by atoms with Crippen LogP contribution in [0.5, 0.6) is 0 Å². The molecule has 110 valence electrons. The zero-order chi connectivity index (χ0) is 13.3. The van der Waals surface area contributed by atoms with E-state index in [1.54, 1.807) is 0 Å². The monoisotopic (exact) mass is 268 g/mol. The number of nitrogens with one attached hydrogen (secondary N) is 2. The van der Waals surface area contributed by atoms with Crippen LogP contribution in [0.2, 0.25) is 0 Å². The number of guanidine groups is 1. The van der Waals surface area contributed by atoms with Gasteiger partial charge in [-0.15, -0.1) is 0 Å². The molecule has 0 spiro atoms. The molecule has 19 heavy (non-hydrogen) atoms. The summed E-state index contributed by atoms with van der Waals surface area (Å²) in [5.74, 6) is 1.85. The Morgan fingerprint density at radius 3 is 2.68 bits per heavy atom. The van der Waals surface area contributed by atoms with Gasteiger partial charge in [-0.25, -0.2) is 0 Å². The fourth-order valence-corrected chi connectivity index (χ4v) is 2.28. The van der Waals surface area contributed by atoms with E-state index in [0.29, 0.717) is 0 Å². The second kappa shape index (κ2) is 8.38. The molecule has 1 heterocycles. The molecule has 2 N–H and O–H groups in total. The van der Waals surface area contributed by atoms with Crippen LogP contribution in [-0.4, -0.2) is 63.8 Å². The van der Waals surface area contributed by atoms with Gasteiger partial charge in [0.25, 0.3) is 0 Å². The van der Waals surface area contributed by atoms with Crippen LogP contribution in [0.15, 0.2) is 4.99 Å². The number of rotatable bonds is 7. The number of nitrogens with zero attached hydrogens (tertiary/aromatic N) is 2. The van der Waals surface area contributed by atoms with Gasteiger partial charge in [0.1, 0.15) is 0 Å². The van der Waals surface area contributed by atoms with Gasteiger partial charge in [-0.1, -0.05) is 0 Å². The highest BCUT2D eigenvalue weighted by molar-refractivity contribution is 5.79. The van der Waals surface area contributed by atoms with Crippen molar-refractivity contribution in [2.75, 3.05) is 53.0 Å². The molecule has 0 aromatic carbocycles. The Morgan fingerprint density at radius 2 is 2.00 bits per heavy atom. The lowest BCUT2D eigenvalue weighted by atomic mass is 10.3. The van der Waals surface area contributed by atoms with Gasteiger partial charge in [0.05, 0.1) is 13.2 Å². The molecule has 0 unspecified atom stereocenters. The summed E-state index contributed by atoms with van der Waals surface area (Å²) < 4.78 is 5.35. The molecule has 1 saturated heterocycles. The zero-order valence-corrected chi connectivity index (χ0v) is 12.2. The maximum Gasteiger partial charge on any atom is 0.190 e. The number of hydrogen-bond donors (Lipinski definition) is 2. The maximum atomic E-state index is 5.35. The summed E-state index contributed by atoms with van der Waals surface area (Å²) in [6.07, 6.45) is 5.20. The Hall–Kier alpha value is -0.810. The van der Waals surface area contributed by atoms with Gasteiger partial charge in [-0.3, -0.25) is 9.89 Å². The van der Waals surface area contributed by atoms with Gasteiger partial charge < -0.3 is 15.4 Å². The van der Waals surface area contributed by atoms with Crippen molar-refractivity contribution < 1.29 is 4.74 Å². The van der Waals surface area contributed by atoms with Gasteiger partial charge in [-0.2, -0.15) is 0 Å². The molecular formula is C14H28N4O. The molecule has 0 radical (unpaired) electrons. The Balaban J connectivity index is 1.45. The van der Waals surface area contributed by atoms with E-state index in [0.717, 1.165) is 51.3 Å². The predicted molar refractivity (Wildman–Crippen MR) is 78.6 cm³/mol. The van der Waals surface area contributed by atoms with Crippen LogP contribution >= 0.6 is 0 Å². The minimum absolute atomic E-state index is 0.889. The third kappa shape index (κ3) is 6.25. The van der Waals surface area contributed by atoms with E-state index in [-0.39, 0.29) is 0 Å². The van der Waals surface area contributed by atoms with E-state index >= 15 is 0 Å². The van der Waals surface area contributed by atoms with Crippen LogP contribution in [0, 0.1) is 5.92 Å². The second-order valence-electron chi connectivity index (χ2n) is 5.48. The standard InChI is InChI=1S/C14H28N4O/c1-15-14(17-12-13-4-5-13)16-6-2-3-7-18-8-10-19-11-9-18/h13H,2-12H2,1H3,(H2,15,16,17). The largest absolute Gasteiger partial charge is 0.379 e. The first-order valence-electron chi connectivity index (χ1n) is 7.63. The average molecular weight is 268 g/mol. The quantitative estimate of drug-likeness (QED) is 0.405. The van der Waals surface area contributed by atoms with E-state index in [9.17, 15) is 0 Å². The number of hydrogen-bond acceptors (Lipinski definition) is 3. The first-order valence-corrected chi connectivity index (χ1v) is 7.63. The Bertz CT molecular complexity index is 273. The third-order valence-electron chi connectivity index (χ3n) is 3.78. The number of unbranched alkanes of at least 4 members (excludes halogenated alkanes) is 1. The SMILES string of the molecule is CN=C(NCCCCN1CCOCC1)NCC1CC1. The highest BCUT2D eigenvalue weighted by Gasteiger charge is 2.20. The van der Waals surface area contributed by atoms with Crippen molar-refractivity contribution in [1.82, 2.24) is 15.5 Å². The fourth-order valence-electron chi connectivity index (χ4n) is 2.28. The van der Waals surface area contributed by atoms with Crippen LogP contribution in [0.4, 0.5) is 0 Å². The minimum Gasteiger partial charge on any atom is -0.379 e. The molecule has 0 atom stereocenters. The topological polar surface area (TPSA) is 48.9 Å². The van der Waals surface area contributed by atoms with Crippen LogP contribution in [0.3, 0.4) is 0 Å². The van der Waals surface area contributed by atoms with Crippen molar-refractivity contribution in [3.63, 3.8) is 0 Å². The lowest BCUT2D eigenvalue weighted by molar-refractivity contribution is 0.0372. The molecule has 1 aliphatic carbocycles. The summed E-state index contributed by atoms with van der Waals surface area (Å²) in [7, 11) is 1.84. The molecule has 5 nitrogen and oxygen atoms in total. The van der Waals surface area contributed by atoms with Crippen molar-refractivity contribution in [3.05, 3.63) is 0 Å². The Labute approximate surface area is 116 Å².